The fourth-order valence-electron chi connectivity index (χ4n) is 3.50. The van der Waals surface area contributed by atoms with Crippen molar-refractivity contribution in [3.8, 4) is 17.1 Å². The third kappa shape index (κ3) is 5.16. The summed E-state index contributed by atoms with van der Waals surface area (Å²) in [5, 5.41) is 25.3. The molecule has 0 fully saturated rings. The van der Waals surface area contributed by atoms with Crippen LogP contribution < -0.4 is 15.4 Å². The summed E-state index contributed by atoms with van der Waals surface area (Å²) in [6, 6.07) is 7.46. The van der Waals surface area contributed by atoms with E-state index in [-0.39, 0.29) is 17.9 Å². The molecule has 0 saturated heterocycles. The summed E-state index contributed by atoms with van der Waals surface area (Å²) in [6.45, 7) is 12.2. The number of nitrogens with zero attached hydrogens (tertiary/aromatic N) is 4. The second-order valence-corrected chi connectivity index (χ2v) is 8.47. The number of benzene rings is 1. The molecule has 0 aliphatic carbocycles. The molecule has 1 aromatic carbocycles. The van der Waals surface area contributed by atoms with E-state index in [2.05, 4.69) is 53.1 Å². The van der Waals surface area contributed by atoms with Crippen LogP contribution in [0.5, 0.6) is 5.75 Å². The van der Waals surface area contributed by atoms with E-state index in [0.717, 1.165) is 17.0 Å². The average Bonchev–Trinajstić information content (AvgIpc) is 3.15. The topological polar surface area (TPSA) is 114 Å². The number of nitrogens with one attached hydrogen (secondary N) is 2. The number of rotatable bonds is 9. The van der Waals surface area contributed by atoms with Gasteiger partial charge in [-0.25, -0.2) is 0 Å². The summed E-state index contributed by atoms with van der Waals surface area (Å²) < 4.78 is 7.40. The van der Waals surface area contributed by atoms with Crippen LogP contribution in [0, 0.1) is 0 Å². The predicted molar refractivity (Wildman–Crippen MR) is 124 cm³/mol. The molecular weight excluding hydrogens is 408 g/mol. The van der Waals surface area contributed by atoms with Crippen LogP contribution >= 0.6 is 0 Å². The molecule has 0 spiro atoms. The Labute approximate surface area is 188 Å². The van der Waals surface area contributed by atoms with Crippen LogP contribution in [0.4, 0.5) is 11.8 Å². The predicted octanol–water partition coefficient (Wildman–Crippen LogP) is 3.81. The first-order valence-corrected chi connectivity index (χ1v) is 10.9. The van der Waals surface area contributed by atoms with Crippen molar-refractivity contribution in [3.63, 3.8) is 0 Å². The van der Waals surface area contributed by atoms with Gasteiger partial charge < -0.3 is 25.0 Å². The van der Waals surface area contributed by atoms with E-state index in [1.54, 1.807) is 13.0 Å². The zero-order valence-corrected chi connectivity index (χ0v) is 19.5. The largest absolute Gasteiger partial charge is 0.426 e. The molecule has 1 unspecified atom stereocenters. The van der Waals surface area contributed by atoms with E-state index in [0.29, 0.717) is 36.3 Å². The minimum Gasteiger partial charge on any atom is -0.426 e. The van der Waals surface area contributed by atoms with Crippen molar-refractivity contribution in [3.05, 3.63) is 35.5 Å². The van der Waals surface area contributed by atoms with Gasteiger partial charge in [0.1, 0.15) is 5.75 Å². The van der Waals surface area contributed by atoms with Crippen molar-refractivity contribution >= 4 is 17.7 Å². The number of fused-ring (bicyclic) bond motifs is 1. The molecule has 1 atom stereocenters. The molecular formula is C23H32N6O3. The number of hydrogen-bond donors (Lipinski definition) is 3. The second-order valence-electron chi connectivity index (χ2n) is 8.47. The van der Waals surface area contributed by atoms with E-state index >= 15 is 0 Å². The molecule has 3 rings (SSSR count). The molecule has 0 aromatic heterocycles. The molecule has 32 heavy (non-hydrogen) atoms. The number of ether oxygens (including phenoxy) is 1. The molecule has 0 saturated carbocycles. The van der Waals surface area contributed by atoms with Crippen molar-refractivity contribution in [2.24, 2.45) is 0 Å². The first-order valence-electron chi connectivity index (χ1n) is 10.9. The van der Waals surface area contributed by atoms with Gasteiger partial charge in [-0.15, -0.1) is 5.10 Å². The van der Waals surface area contributed by atoms with Crippen LogP contribution in [0.1, 0.15) is 64.8 Å². The third-order valence-corrected chi connectivity index (χ3v) is 4.93. The molecule has 0 radical (unpaired) electrons. The number of esters is 1. The van der Waals surface area contributed by atoms with Gasteiger partial charge >= 0.3 is 5.97 Å². The number of aromatic nitrogens is 4. The number of aliphatic hydroxyl groups is 1. The van der Waals surface area contributed by atoms with E-state index in [4.69, 9.17) is 9.72 Å². The van der Waals surface area contributed by atoms with Crippen LogP contribution in [0.3, 0.4) is 0 Å². The highest BCUT2D eigenvalue weighted by molar-refractivity contribution is 5.75. The van der Waals surface area contributed by atoms with Gasteiger partial charge in [-0.05, 0) is 32.8 Å². The van der Waals surface area contributed by atoms with Gasteiger partial charge in [0.15, 0.2) is 11.5 Å². The standard InChI is InChI=1S/C23H32N6O3/c1-13(2)19-21-20(28-27-19)22(26-23(25-11-15(5)30)29(21)14(3)4)24-12-17-9-7-8-10-18(17)32-16(6)31/h7-10,13-15,24,30H,11-12H2,1-6H3,(H,25,26). The second kappa shape index (κ2) is 9.95. The summed E-state index contributed by atoms with van der Waals surface area (Å²) in [4.78, 5) is 16.2. The smallest absolute Gasteiger partial charge is 0.308 e. The normalized spacial score (nSPS) is 12.4. The minimum atomic E-state index is -0.527. The quantitative estimate of drug-likeness (QED) is 0.340. The molecule has 0 amide bonds. The van der Waals surface area contributed by atoms with Gasteiger partial charge in [0.2, 0.25) is 5.95 Å². The van der Waals surface area contributed by atoms with E-state index in [1.165, 1.54) is 6.92 Å². The zero-order valence-electron chi connectivity index (χ0n) is 19.5. The highest BCUT2D eigenvalue weighted by Gasteiger charge is 2.28. The fourth-order valence-corrected chi connectivity index (χ4v) is 3.50. The molecule has 2 heterocycles. The molecule has 2 aliphatic heterocycles. The number of hydrogen-bond acceptors (Lipinski definition) is 8. The van der Waals surface area contributed by atoms with Crippen LogP contribution in [0.2, 0.25) is 0 Å². The number of para-hydroxylation sites is 1. The van der Waals surface area contributed by atoms with Gasteiger partial charge in [0.05, 0.1) is 17.5 Å². The minimum absolute atomic E-state index is 0.101. The summed E-state index contributed by atoms with van der Waals surface area (Å²) in [5.74, 6) is 1.50. The molecule has 3 N–H and O–H groups in total. The molecule has 0 bridgehead atoms. The average molecular weight is 441 g/mol. The van der Waals surface area contributed by atoms with Gasteiger partial charge in [0.25, 0.3) is 0 Å². The van der Waals surface area contributed by atoms with E-state index < -0.39 is 6.10 Å². The summed E-state index contributed by atoms with van der Waals surface area (Å²) >= 11 is 0. The van der Waals surface area contributed by atoms with Crippen molar-refractivity contribution in [1.29, 1.82) is 0 Å². The molecule has 1 aromatic rings. The SMILES string of the molecule is CC(=O)Oc1ccccc1CNc1nc(NCC(C)O)n(C(C)C)c2c(C(C)C)nnc1-2. The molecule has 9 heteroatoms. The van der Waals surface area contributed by atoms with Gasteiger partial charge in [-0.3, -0.25) is 4.79 Å². The lowest BCUT2D eigenvalue weighted by molar-refractivity contribution is -0.131. The lowest BCUT2D eigenvalue weighted by Crippen LogP contribution is -2.23. The van der Waals surface area contributed by atoms with Crippen LogP contribution in [0.15, 0.2) is 24.3 Å². The summed E-state index contributed by atoms with van der Waals surface area (Å²) in [6.07, 6.45) is -0.527. The first kappa shape index (κ1) is 23.5. The van der Waals surface area contributed by atoms with Crippen molar-refractivity contribution in [2.75, 3.05) is 17.2 Å². The maximum Gasteiger partial charge on any atom is 0.308 e. The van der Waals surface area contributed by atoms with Crippen LogP contribution in [0.25, 0.3) is 11.4 Å². The molecule has 2 aliphatic rings. The van der Waals surface area contributed by atoms with Crippen molar-refractivity contribution in [1.82, 2.24) is 19.7 Å². The Hall–Kier alpha value is -3.20. The maximum absolute atomic E-state index is 11.4. The van der Waals surface area contributed by atoms with Crippen LogP contribution in [-0.4, -0.2) is 43.5 Å². The number of carbonyl (C=O) groups is 1. The third-order valence-electron chi connectivity index (χ3n) is 4.93. The Balaban J connectivity index is 2.04. The highest BCUT2D eigenvalue weighted by Crippen LogP contribution is 2.37. The van der Waals surface area contributed by atoms with Gasteiger partial charge in [0, 0.05) is 31.6 Å². The Morgan fingerprint density at radius 2 is 1.84 bits per heavy atom. The number of anilines is 2. The number of carbonyl (C=O) groups excluding carboxylic acids is 1. The van der Waals surface area contributed by atoms with Gasteiger partial charge in [-0.1, -0.05) is 32.0 Å². The van der Waals surface area contributed by atoms with Crippen molar-refractivity contribution in [2.45, 2.75) is 66.2 Å². The molecule has 172 valence electrons. The van der Waals surface area contributed by atoms with E-state index in [9.17, 15) is 9.90 Å². The number of aliphatic hydroxyl groups excluding tert-OH is 1. The zero-order chi connectivity index (χ0) is 23.4. The lowest BCUT2D eigenvalue weighted by Gasteiger charge is -2.25. The van der Waals surface area contributed by atoms with Gasteiger partial charge in [-0.2, -0.15) is 10.1 Å². The van der Waals surface area contributed by atoms with Crippen LogP contribution in [-0.2, 0) is 11.3 Å². The van der Waals surface area contributed by atoms with E-state index in [1.807, 2.05) is 18.2 Å². The lowest BCUT2D eigenvalue weighted by atomic mass is 10.1. The monoisotopic (exact) mass is 440 g/mol. The summed E-state index contributed by atoms with van der Waals surface area (Å²) in [5.41, 5.74) is 3.30. The Kier molecular flexibility index (Phi) is 7.29. The fraction of sp³-hybridized carbons (Fsp3) is 0.478. The molecule has 9 nitrogen and oxygen atoms in total. The summed E-state index contributed by atoms with van der Waals surface area (Å²) in [7, 11) is 0. The Morgan fingerprint density at radius 3 is 2.47 bits per heavy atom. The van der Waals surface area contributed by atoms with Crippen molar-refractivity contribution < 1.29 is 14.6 Å². The Bertz CT molecular complexity index is 1040. The first-order chi connectivity index (χ1) is 15.2. The maximum atomic E-state index is 11.4. The highest BCUT2D eigenvalue weighted by atomic mass is 16.5. The Morgan fingerprint density at radius 1 is 1.12 bits per heavy atom.